The van der Waals surface area contributed by atoms with Gasteiger partial charge in [0.15, 0.2) is 0 Å². The van der Waals surface area contributed by atoms with Gasteiger partial charge in [0.2, 0.25) is 11.8 Å². The molecule has 1 saturated carbocycles. The van der Waals surface area contributed by atoms with Crippen molar-refractivity contribution >= 4 is 23.6 Å². The molecule has 0 aliphatic heterocycles. The third kappa shape index (κ3) is 3.96. The lowest BCUT2D eigenvalue weighted by atomic mass is 9.85. The first-order valence-electron chi connectivity index (χ1n) is 6.13. The minimum absolute atomic E-state index is 0.0273. The van der Waals surface area contributed by atoms with Crippen molar-refractivity contribution in [1.82, 2.24) is 10.9 Å². The summed E-state index contributed by atoms with van der Waals surface area (Å²) in [5.74, 6) is -0.749. The van der Waals surface area contributed by atoms with Gasteiger partial charge in [0, 0.05) is 10.8 Å². The van der Waals surface area contributed by atoms with Crippen molar-refractivity contribution in [2.75, 3.05) is 5.75 Å². The Bertz CT molecular complexity index is 477. The molecule has 2 amide bonds. The Morgan fingerprint density at radius 2 is 2.00 bits per heavy atom. The van der Waals surface area contributed by atoms with E-state index in [0.717, 1.165) is 31.0 Å². The molecule has 19 heavy (non-hydrogen) atoms. The van der Waals surface area contributed by atoms with Crippen molar-refractivity contribution in [2.24, 2.45) is 5.92 Å². The van der Waals surface area contributed by atoms with Gasteiger partial charge in [0.05, 0.1) is 5.75 Å². The summed E-state index contributed by atoms with van der Waals surface area (Å²) in [6.45, 7) is 0. The molecule has 6 heteroatoms. The van der Waals surface area contributed by atoms with Gasteiger partial charge in [-0.2, -0.15) is 0 Å². The third-order valence-electron chi connectivity index (χ3n) is 3.00. The number of amides is 2. The summed E-state index contributed by atoms with van der Waals surface area (Å²) in [4.78, 5) is 23.4. The van der Waals surface area contributed by atoms with Crippen LogP contribution >= 0.6 is 11.8 Å². The van der Waals surface area contributed by atoms with Crippen LogP contribution in [0.3, 0.4) is 0 Å². The van der Waals surface area contributed by atoms with Crippen LogP contribution in [0.4, 0.5) is 4.39 Å². The molecule has 0 unspecified atom stereocenters. The zero-order chi connectivity index (χ0) is 13.7. The minimum atomic E-state index is -0.348. The quantitative estimate of drug-likeness (QED) is 0.654. The maximum absolute atomic E-state index is 13.3. The molecule has 0 heterocycles. The Hall–Kier alpha value is -1.56. The van der Waals surface area contributed by atoms with Crippen LogP contribution in [0.5, 0.6) is 0 Å². The lowest BCUT2D eigenvalue weighted by Crippen LogP contribution is -2.46. The highest BCUT2D eigenvalue weighted by Crippen LogP contribution is 2.26. The number of hydrazine groups is 1. The van der Waals surface area contributed by atoms with Gasteiger partial charge in [-0.3, -0.25) is 20.4 Å². The summed E-state index contributed by atoms with van der Waals surface area (Å²) < 4.78 is 13.3. The van der Waals surface area contributed by atoms with E-state index in [1.807, 2.05) is 0 Å². The van der Waals surface area contributed by atoms with Crippen LogP contribution in [0.1, 0.15) is 19.3 Å². The molecule has 1 aliphatic rings. The standard InChI is InChI=1S/C13H15FN2O2S/c14-10-6-1-2-7-11(10)19-8-12(17)15-16-13(18)9-4-3-5-9/h1-2,6-7,9H,3-5,8H2,(H,15,17)(H,16,18). The van der Waals surface area contributed by atoms with Gasteiger partial charge in [-0.15, -0.1) is 11.8 Å². The molecule has 0 bridgehead atoms. The Morgan fingerprint density at radius 1 is 1.26 bits per heavy atom. The predicted octanol–water partition coefficient (Wildman–Crippen LogP) is 1.87. The molecule has 0 radical (unpaired) electrons. The van der Waals surface area contributed by atoms with Crippen LogP contribution in [0.2, 0.25) is 0 Å². The first-order chi connectivity index (χ1) is 9.16. The van der Waals surface area contributed by atoms with Crippen LogP contribution < -0.4 is 10.9 Å². The summed E-state index contributed by atoms with van der Waals surface area (Å²) in [7, 11) is 0. The molecule has 1 aromatic carbocycles. The van der Waals surface area contributed by atoms with Crippen LogP contribution in [-0.4, -0.2) is 17.6 Å². The van der Waals surface area contributed by atoms with Crippen molar-refractivity contribution in [1.29, 1.82) is 0 Å². The van der Waals surface area contributed by atoms with Gasteiger partial charge in [0.25, 0.3) is 0 Å². The summed E-state index contributed by atoms with van der Waals surface area (Å²) in [5.41, 5.74) is 4.73. The van der Waals surface area contributed by atoms with Gasteiger partial charge < -0.3 is 0 Å². The third-order valence-corrected chi connectivity index (χ3v) is 4.05. The van der Waals surface area contributed by atoms with Gasteiger partial charge in [-0.1, -0.05) is 18.6 Å². The number of hydrogen-bond acceptors (Lipinski definition) is 3. The van der Waals surface area contributed by atoms with Crippen molar-refractivity contribution < 1.29 is 14.0 Å². The highest BCUT2D eigenvalue weighted by molar-refractivity contribution is 8.00. The van der Waals surface area contributed by atoms with Gasteiger partial charge in [-0.25, -0.2) is 4.39 Å². The number of carbonyl (C=O) groups is 2. The van der Waals surface area contributed by atoms with E-state index in [0.29, 0.717) is 4.90 Å². The monoisotopic (exact) mass is 282 g/mol. The average Bonchev–Trinajstić information content (AvgIpc) is 2.33. The second-order valence-corrected chi connectivity index (χ2v) is 5.40. The molecular weight excluding hydrogens is 267 g/mol. The second kappa shape index (κ2) is 6.56. The topological polar surface area (TPSA) is 58.2 Å². The molecule has 0 atom stereocenters. The van der Waals surface area contributed by atoms with E-state index in [2.05, 4.69) is 10.9 Å². The average molecular weight is 282 g/mol. The molecule has 2 rings (SSSR count). The summed E-state index contributed by atoms with van der Waals surface area (Å²) >= 11 is 1.10. The first-order valence-corrected chi connectivity index (χ1v) is 7.11. The molecule has 1 aromatic rings. The SMILES string of the molecule is O=C(CSc1ccccc1F)NNC(=O)C1CCC1. The van der Waals surface area contributed by atoms with Gasteiger partial charge in [-0.05, 0) is 25.0 Å². The zero-order valence-corrected chi connectivity index (χ0v) is 11.1. The normalized spacial score (nSPS) is 14.6. The van der Waals surface area contributed by atoms with E-state index in [9.17, 15) is 14.0 Å². The van der Waals surface area contributed by atoms with E-state index < -0.39 is 0 Å². The molecular formula is C13H15FN2O2S. The van der Waals surface area contributed by atoms with Crippen molar-refractivity contribution in [3.8, 4) is 0 Å². The Morgan fingerprint density at radius 3 is 2.63 bits per heavy atom. The fourth-order valence-electron chi connectivity index (χ4n) is 1.64. The Labute approximate surface area is 115 Å². The number of nitrogens with one attached hydrogen (secondary N) is 2. The zero-order valence-electron chi connectivity index (χ0n) is 10.3. The van der Waals surface area contributed by atoms with Gasteiger partial charge in [0.1, 0.15) is 5.82 Å². The number of thioether (sulfide) groups is 1. The van der Waals surface area contributed by atoms with Crippen molar-refractivity contribution in [3.63, 3.8) is 0 Å². The number of halogens is 1. The lowest BCUT2D eigenvalue weighted by molar-refractivity contribution is -0.132. The fourth-order valence-corrected chi connectivity index (χ4v) is 2.38. The molecule has 0 saturated heterocycles. The molecule has 0 spiro atoms. The highest BCUT2D eigenvalue weighted by Gasteiger charge is 2.25. The van der Waals surface area contributed by atoms with Crippen molar-refractivity contribution in [2.45, 2.75) is 24.2 Å². The maximum Gasteiger partial charge on any atom is 0.248 e. The number of hydrogen-bond donors (Lipinski definition) is 2. The van der Waals surface area contributed by atoms with Gasteiger partial charge >= 0.3 is 0 Å². The van der Waals surface area contributed by atoms with Crippen LogP contribution in [-0.2, 0) is 9.59 Å². The molecule has 4 nitrogen and oxygen atoms in total. The number of carbonyl (C=O) groups excluding carboxylic acids is 2. The number of rotatable bonds is 4. The molecule has 1 fully saturated rings. The largest absolute Gasteiger partial charge is 0.273 e. The minimum Gasteiger partial charge on any atom is -0.273 e. The van der Waals surface area contributed by atoms with E-state index in [-0.39, 0.29) is 29.3 Å². The smallest absolute Gasteiger partial charge is 0.248 e. The summed E-state index contributed by atoms with van der Waals surface area (Å²) in [6, 6.07) is 6.26. The first kappa shape index (κ1) is 13.9. The molecule has 2 N–H and O–H groups in total. The Kier molecular flexibility index (Phi) is 4.79. The predicted molar refractivity (Wildman–Crippen MR) is 70.8 cm³/mol. The summed E-state index contributed by atoms with van der Waals surface area (Å²) in [6.07, 6.45) is 2.83. The summed E-state index contributed by atoms with van der Waals surface area (Å²) in [5, 5.41) is 0. The van der Waals surface area contributed by atoms with Crippen molar-refractivity contribution in [3.05, 3.63) is 30.1 Å². The van der Waals surface area contributed by atoms with Crippen LogP contribution in [0, 0.1) is 11.7 Å². The highest BCUT2D eigenvalue weighted by atomic mass is 32.2. The Balaban J connectivity index is 1.70. The van der Waals surface area contributed by atoms with E-state index in [1.165, 1.54) is 6.07 Å². The van der Waals surface area contributed by atoms with E-state index in [4.69, 9.17) is 0 Å². The lowest BCUT2D eigenvalue weighted by Gasteiger charge is -2.23. The van der Waals surface area contributed by atoms with E-state index in [1.54, 1.807) is 18.2 Å². The van der Waals surface area contributed by atoms with Crippen LogP contribution in [0.25, 0.3) is 0 Å². The molecule has 102 valence electrons. The second-order valence-electron chi connectivity index (χ2n) is 4.38. The maximum atomic E-state index is 13.3. The van der Waals surface area contributed by atoms with E-state index >= 15 is 0 Å². The molecule has 0 aromatic heterocycles. The fraction of sp³-hybridized carbons (Fsp3) is 0.385. The number of benzene rings is 1. The molecule has 1 aliphatic carbocycles. The van der Waals surface area contributed by atoms with Crippen LogP contribution in [0.15, 0.2) is 29.2 Å².